The van der Waals surface area contributed by atoms with Crippen LogP contribution in [0.25, 0.3) is 0 Å². The topological polar surface area (TPSA) is 12.0 Å². The summed E-state index contributed by atoms with van der Waals surface area (Å²) in [7, 11) is 0. The zero-order chi connectivity index (χ0) is 13.1. The van der Waals surface area contributed by atoms with E-state index >= 15 is 0 Å². The minimum atomic E-state index is 0.462. The van der Waals surface area contributed by atoms with E-state index < -0.39 is 0 Å². The van der Waals surface area contributed by atoms with Gasteiger partial charge in [-0.2, -0.15) is 0 Å². The highest BCUT2D eigenvalue weighted by Crippen LogP contribution is 2.44. The quantitative estimate of drug-likeness (QED) is 0.712. The van der Waals surface area contributed by atoms with E-state index in [0.717, 1.165) is 16.9 Å². The van der Waals surface area contributed by atoms with Crippen LogP contribution in [0.4, 0.5) is 0 Å². The van der Waals surface area contributed by atoms with Crippen molar-refractivity contribution >= 4 is 31.9 Å². The van der Waals surface area contributed by atoms with Crippen molar-refractivity contribution in [2.45, 2.75) is 39.2 Å². The maximum atomic E-state index is 3.72. The lowest BCUT2D eigenvalue weighted by Crippen LogP contribution is -2.29. The Morgan fingerprint density at radius 1 is 1.33 bits per heavy atom. The van der Waals surface area contributed by atoms with Crippen LogP contribution in [0.5, 0.6) is 0 Å². The summed E-state index contributed by atoms with van der Waals surface area (Å²) in [5.74, 6) is 1.62. The summed E-state index contributed by atoms with van der Waals surface area (Å²) in [5, 5.41) is 3.72. The molecule has 0 aliphatic heterocycles. The van der Waals surface area contributed by atoms with Crippen LogP contribution in [0, 0.1) is 11.8 Å². The Kier molecular flexibility index (Phi) is 5.28. The highest BCUT2D eigenvalue weighted by atomic mass is 79.9. The summed E-state index contributed by atoms with van der Waals surface area (Å²) in [6.07, 6.45) is 3.98. The van der Waals surface area contributed by atoms with Gasteiger partial charge in [0.1, 0.15) is 0 Å². The number of hydrogen-bond donors (Lipinski definition) is 1. The van der Waals surface area contributed by atoms with E-state index in [0.29, 0.717) is 12.0 Å². The largest absolute Gasteiger partial charge is 0.310 e. The first-order chi connectivity index (χ1) is 8.63. The monoisotopic (exact) mass is 373 g/mol. The molecule has 1 fully saturated rings. The molecule has 2 rings (SSSR count). The molecule has 0 bridgehead atoms. The van der Waals surface area contributed by atoms with Crippen LogP contribution in [0.3, 0.4) is 0 Å². The highest BCUT2D eigenvalue weighted by molar-refractivity contribution is 9.11. The summed E-state index contributed by atoms with van der Waals surface area (Å²) < 4.78 is 2.37. The Hall–Kier alpha value is 0.140. The fourth-order valence-electron chi connectivity index (χ4n) is 2.53. The van der Waals surface area contributed by atoms with E-state index in [1.165, 1.54) is 29.3 Å². The lowest BCUT2D eigenvalue weighted by atomic mass is 9.90. The first kappa shape index (κ1) is 14.5. The Balaban J connectivity index is 2.22. The Morgan fingerprint density at radius 2 is 2.06 bits per heavy atom. The average molecular weight is 375 g/mol. The van der Waals surface area contributed by atoms with E-state index in [4.69, 9.17) is 0 Å². The summed E-state index contributed by atoms with van der Waals surface area (Å²) in [6, 6.07) is 6.94. The van der Waals surface area contributed by atoms with Gasteiger partial charge >= 0.3 is 0 Å². The Labute approximate surface area is 127 Å². The molecule has 1 aliphatic carbocycles. The second-order valence-corrected chi connectivity index (χ2v) is 7.06. The van der Waals surface area contributed by atoms with Crippen LogP contribution in [0.1, 0.15) is 44.7 Å². The summed E-state index contributed by atoms with van der Waals surface area (Å²) in [4.78, 5) is 0. The molecule has 1 aromatic carbocycles. The van der Waals surface area contributed by atoms with Gasteiger partial charge in [-0.25, -0.2) is 0 Å². The SMILES string of the molecule is CCCNC(c1cc(Br)ccc1Br)C(C)C1CC1. The Bertz CT molecular complexity index is 401. The van der Waals surface area contributed by atoms with Crippen molar-refractivity contribution in [3.63, 3.8) is 0 Å². The molecule has 0 amide bonds. The van der Waals surface area contributed by atoms with Gasteiger partial charge < -0.3 is 5.32 Å². The van der Waals surface area contributed by atoms with Crippen molar-refractivity contribution in [3.8, 4) is 0 Å². The first-order valence-electron chi connectivity index (χ1n) is 6.81. The molecule has 0 spiro atoms. The first-order valence-corrected chi connectivity index (χ1v) is 8.40. The molecule has 1 nitrogen and oxygen atoms in total. The van der Waals surface area contributed by atoms with Crippen LogP contribution >= 0.6 is 31.9 Å². The van der Waals surface area contributed by atoms with E-state index in [-0.39, 0.29) is 0 Å². The molecule has 2 unspecified atom stereocenters. The van der Waals surface area contributed by atoms with Crippen LogP contribution in [0.2, 0.25) is 0 Å². The van der Waals surface area contributed by atoms with Crippen molar-refractivity contribution in [2.75, 3.05) is 6.54 Å². The zero-order valence-electron chi connectivity index (χ0n) is 11.0. The fraction of sp³-hybridized carbons (Fsp3) is 0.600. The molecule has 0 radical (unpaired) electrons. The van der Waals surface area contributed by atoms with Crippen LogP contribution in [-0.2, 0) is 0 Å². The second kappa shape index (κ2) is 6.53. The molecule has 0 saturated heterocycles. The molecule has 1 N–H and O–H groups in total. The van der Waals surface area contributed by atoms with Gasteiger partial charge in [0.05, 0.1) is 0 Å². The van der Waals surface area contributed by atoms with Gasteiger partial charge in [0.2, 0.25) is 0 Å². The number of rotatable bonds is 6. The number of benzene rings is 1. The van der Waals surface area contributed by atoms with E-state index in [1.807, 2.05) is 0 Å². The van der Waals surface area contributed by atoms with Crippen molar-refractivity contribution < 1.29 is 0 Å². The van der Waals surface area contributed by atoms with Crippen molar-refractivity contribution in [1.82, 2.24) is 5.32 Å². The smallest absolute Gasteiger partial charge is 0.0360 e. The molecule has 0 aromatic heterocycles. The maximum absolute atomic E-state index is 3.72. The van der Waals surface area contributed by atoms with Crippen LogP contribution in [-0.4, -0.2) is 6.54 Å². The lowest BCUT2D eigenvalue weighted by molar-refractivity contribution is 0.349. The minimum absolute atomic E-state index is 0.462. The highest BCUT2D eigenvalue weighted by Gasteiger charge is 2.34. The predicted octanol–water partition coefficient (Wildman–Crippen LogP) is 5.30. The molecule has 1 aromatic rings. The molecule has 1 saturated carbocycles. The van der Waals surface area contributed by atoms with Gasteiger partial charge in [0, 0.05) is 15.0 Å². The molecule has 18 heavy (non-hydrogen) atoms. The molecule has 1 aliphatic rings. The zero-order valence-corrected chi connectivity index (χ0v) is 14.2. The normalized spacial score (nSPS) is 18.7. The predicted molar refractivity (Wildman–Crippen MR) is 84.8 cm³/mol. The van der Waals surface area contributed by atoms with Gasteiger partial charge in [-0.15, -0.1) is 0 Å². The number of nitrogens with one attached hydrogen (secondary N) is 1. The van der Waals surface area contributed by atoms with Crippen LogP contribution in [0.15, 0.2) is 27.1 Å². The molecule has 100 valence electrons. The third-order valence-electron chi connectivity index (χ3n) is 3.80. The molecule has 2 atom stereocenters. The van der Waals surface area contributed by atoms with E-state index in [2.05, 4.69) is 69.2 Å². The third-order valence-corrected chi connectivity index (χ3v) is 5.01. The van der Waals surface area contributed by atoms with Crippen molar-refractivity contribution in [3.05, 3.63) is 32.7 Å². The van der Waals surface area contributed by atoms with E-state index in [1.54, 1.807) is 0 Å². The van der Waals surface area contributed by atoms with Crippen molar-refractivity contribution in [1.29, 1.82) is 0 Å². The number of halogens is 2. The standard InChI is InChI=1S/C15H21Br2N/c1-3-8-18-15(10(2)11-4-5-11)13-9-12(16)6-7-14(13)17/h6-7,9-11,15,18H,3-5,8H2,1-2H3. The summed E-state index contributed by atoms with van der Waals surface area (Å²) in [5.41, 5.74) is 1.39. The van der Waals surface area contributed by atoms with Gasteiger partial charge in [-0.05, 0) is 61.4 Å². The maximum Gasteiger partial charge on any atom is 0.0360 e. The summed E-state index contributed by atoms with van der Waals surface area (Å²) >= 11 is 7.29. The van der Waals surface area contributed by atoms with E-state index in [9.17, 15) is 0 Å². The van der Waals surface area contributed by atoms with Gasteiger partial charge in [0.25, 0.3) is 0 Å². The third kappa shape index (κ3) is 3.58. The molecule has 0 heterocycles. The molecular weight excluding hydrogens is 354 g/mol. The van der Waals surface area contributed by atoms with Gasteiger partial charge in [-0.3, -0.25) is 0 Å². The molecule has 3 heteroatoms. The number of hydrogen-bond acceptors (Lipinski definition) is 1. The second-order valence-electron chi connectivity index (χ2n) is 5.29. The minimum Gasteiger partial charge on any atom is -0.310 e. The fourth-order valence-corrected chi connectivity index (χ4v) is 3.40. The molecular formula is C15H21Br2N. The summed E-state index contributed by atoms with van der Waals surface area (Å²) in [6.45, 7) is 5.70. The van der Waals surface area contributed by atoms with Gasteiger partial charge in [-0.1, -0.05) is 45.7 Å². The van der Waals surface area contributed by atoms with Crippen molar-refractivity contribution in [2.24, 2.45) is 11.8 Å². The average Bonchev–Trinajstić information content (AvgIpc) is 3.17. The van der Waals surface area contributed by atoms with Crippen LogP contribution < -0.4 is 5.32 Å². The lowest BCUT2D eigenvalue weighted by Gasteiger charge is -2.27. The van der Waals surface area contributed by atoms with Gasteiger partial charge in [0.15, 0.2) is 0 Å². The Morgan fingerprint density at radius 3 is 2.67 bits per heavy atom.